The van der Waals surface area contributed by atoms with Gasteiger partial charge in [0.1, 0.15) is 13.2 Å². The Labute approximate surface area is 495 Å². The third-order valence-corrected chi connectivity index (χ3v) is 14.5. The molecule has 0 saturated heterocycles. The minimum Gasteiger partial charge on any atom is -0.462 e. The van der Waals surface area contributed by atoms with Gasteiger partial charge in [0, 0.05) is 19.3 Å². The van der Waals surface area contributed by atoms with E-state index in [0.29, 0.717) is 12.8 Å². The molecule has 0 aliphatic rings. The van der Waals surface area contributed by atoms with Gasteiger partial charge in [0.05, 0.1) is 0 Å². The van der Waals surface area contributed by atoms with E-state index in [0.717, 1.165) is 128 Å². The molecule has 0 aromatic rings. The second-order valence-corrected chi connectivity index (χ2v) is 22.3. The van der Waals surface area contributed by atoms with Crippen molar-refractivity contribution in [3.63, 3.8) is 0 Å². The Morgan fingerprint density at radius 2 is 0.512 bits per heavy atom. The Balaban J connectivity index is 4.28. The predicted octanol–water partition coefficient (Wildman–Crippen LogP) is 23.4. The number of carbonyl (C=O) groups is 3. The molecule has 1 unspecified atom stereocenters. The lowest BCUT2D eigenvalue weighted by Crippen LogP contribution is -2.30. The SMILES string of the molecule is CC/C=C\C/C=C\C/C=C\C/C=C\C/C=C\C/C=C\C/C=C\CCCCCC(=O)OC(COC(=O)CCCCCCC/C=C\CCC)COC(=O)CCCCCCCCCCCCCCCCC/C=C\CCCCCCCCCC. The zero-order valence-corrected chi connectivity index (χ0v) is 52.6. The van der Waals surface area contributed by atoms with Crippen LogP contribution in [0.15, 0.2) is 109 Å². The van der Waals surface area contributed by atoms with E-state index >= 15 is 0 Å². The van der Waals surface area contributed by atoms with Gasteiger partial charge in [0.25, 0.3) is 0 Å². The van der Waals surface area contributed by atoms with Crippen molar-refractivity contribution >= 4 is 17.9 Å². The van der Waals surface area contributed by atoms with Crippen molar-refractivity contribution in [1.29, 1.82) is 0 Å². The first-order chi connectivity index (χ1) is 39.5. The van der Waals surface area contributed by atoms with Crippen LogP contribution in [0.1, 0.15) is 323 Å². The molecule has 0 fully saturated rings. The van der Waals surface area contributed by atoms with E-state index < -0.39 is 6.10 Å². The molecule has 458 valence electrons. The molecule has 0 aliphatic heterocycles. The second-order valence-electron chi connectivity index (χ2n) is 22.3. The number of carbonyl (C=O) groups excluding carboxylic acids is 3. The second kappa shape index (κ2) is 67.6. The van der Waals surface area contributed by atoms with Gasteiger partial charge in [0.2, 0.25) is 0 Å². The minimum absolute atomic E-state index is 0.0938. The first-order valence-corrected chi connectivity index (χ1v) is 33.9. The van der Waals surface area contributed by atoms with Gasteiger partial charge < -0.3 is 14.2 Å². The third-order valence-electron chi connectivity index (χ3n) is 14.5. The zero-order valence-electron chi connectivity index (χ0n) is 52.6. The molecule has 6 nitrogen and oxygen atoms in total. The van der Waals surface area contributed by atoms with Crippen LogP contribution in [0.3, 0.4) is 0 Å². The molecule has 80 heavy (non-hydrogen) atoms. The van der Waals surface area contributed by atoms with Crippen LogP contribution in [0.5, 0.6) is 0 Å². The summed E-state index contributed by atoms with van der Waals surface area (Å²) in [4.78, 5) is 38.3. The number of hydrogen-bond acceptors (Lipinski definition) is 6. The molecule has 0 radical (unpaired) electrons. The summed E-state index contributed by atoms with van der Waals surface area (Å²) < 4.78 is 16.9. The highest BCUT2D eigenvalue weighted by Gasteiger charge is 2.19. The minimum atomic E-state index is -0.801. The Morgan fingerprint density at radius 3 is 0.838 bits per heavy atom. The summed E-state index contributed by atoms with van der Waals surface area (Å²) in [6, 6.07) is 0. The summed E-state index contributed by atoms with van der Waals surface area (Å²) in [5, 5.41) is 0. The highest BCUT2D eigenvalue weighted by molar-refractivity contribution is 5.71. The average Bonchev–Trinajstić information content (AvgIpc) is 3.46. The molecule has 0 N–H and O–H groups in total. The molecule has 0 amide bonds. The van der Waals surface area contributed by atoms with Gasteiger partial charge in [-0.3, -0.25) is 14.4 Å². The number of esters is 3. The van der Waals surface area contributed by atoms with Crippen molar-refractivity contribution in [2.75, 3.05) is 13.2 Å². The summed E-state index contributed by atoms with van der Waals surface area (Å²) in [7, 11) is 0. The van der Waals surface area contributed by atoms with Crippen molar-refractivity contribution < 1.29 is 28.6 Å². The molecule has 0 aromatic heterocycles. The van der Waals surface area contributed by atoms with Crippen LogP contribution >= 0.6 is 0 Å². The predicted molar refractivity (Wildman–Crippen MR) is 348 cm³/mol. The lowest BCUT2D eigenvalue weighted by atomic mass is 10.0. The molecule has 0 saturated carbocycles. The number of ether oxygens (including phenoxy) is 3. The lowest BCUT2D eigenvalue weighted by molar-refractivity contribution is -0.167. The summed E-state index contributed by atoms with van der Waals surface area (Å²) in [6.45, 7) is 6.45. The van der Waals surface area contributed by atoms with E-state index in [1.165, 1.54) is 154 Å². The summed E-state index contributed by atoms with van der Waals surface area (Å²) in [5.41, 5.74) is 0. The molecule has 0 heterocycles. The molecule has 6 heteroatoms. The fourth-order valence-electron chi connectivity index (χ4n) is 9.42. The number of rotatable bonds is 61. The molecular formula is C74H126O6. The zero-order chi connectivity index (χ0) is 57.8. The average molecular weight is 1110 g/mol. The van der Waals surface area contributed by atoms with Crippen molar-refractivity contribution in [3.05, 3.63) is 109 Å². The topological polar surface area (TPSA) is 78.9 Å². The summed E-state index contributed by atoms with van der Waals surface area (Å²) in [5.74, 6) is -0.930. The number of hydrogen-bond donors (Lipinski definition) is 0. The van der Waals surface area contributed by atoms with Crippen LogP contribution < -0.4 is 0 Å². The van der Waals surface area contributed by atoms with Crippen LogP contribution in [0, 0.1) is 0 Å². The van der Waals surface area contributed by atoms with Gasteiger partial charge in [-0.2, -0.15) is 0 Å². The normalized spacial score (nSPS) is 12.8. The fourth-order valence-corrected chi connectivity index (χ4v) is 9.42. The maximum absolute atomic E-state index is 12.9. The molecule has 0 spiro atoms. The smallest absolute Gasteiger partial charge is 0.306 e. The van der Waals surface area contributed by atoms with Gasteiger partial charge in [-0.25, -0.2) is 0 Å². The molecular weight excluding hydrogens is 985 g/mol. The first kappa shape index (κ1) is 76.1. The monoisotopic (exact) mass is 1110 g/mol. The maximum atomic E-state index is 12.9. The van der Waals surface area contributed by atoms with Crippen LogP contribution in [-0.4, -0.2) is 37.2 Å². The Bertz CT molecular complexity index is 1610. The van der Waals surface area contributed by atoms with Gasteiger partial charge in [-0.1, -0.05) is 291 Å². The van der Waals surface area contributed by atoms with Crippen molar-refractivity contribution in [3.8, 4) is 0 Å². The van der Waals surface area contributed by atoms with Crippen LogP contribution in [0.4, 0.5) is 0 Å². The van der Waals surface area contributed by atoms with Gasteiger partial charge >= 0.3 is 17.9 Å². The van der Waals surface area contributed by atoms with Crippen LogP contribution in [-0.2, 0) is 28.6 Å². The molecule has 0 aromatic carbocycles. The molecule has 0 aliphatic carbocycles. The largest absolute Gasteiger partial charge is 0.462 e. The molecule has 0 rings (SSSR count). The Hall–Kier alpha value is -3.93. The van der Waals surface area contributed by atoms with Crippen LogP contribution in [0.2, 0.25) is 0 Å². The summed E-state index contributed by atoms with van der Waals surface area (Å²) in [6.07, 6.45) is 92.7. The first-order valence-electron chi connectivity index (χ1n) is 33.9. The highest BCUT2D eigenvalue weighted by atomic mass is 16.6. The summed E-state index contributed by atoms with van der Waals surface area (Å²) >= 11 is 0. The van der Waals surface area contributed by atoms with E-state index in [9.17, 15) is 14.4 Å². The highest BCUT2D eigenvalue weighted by Crippen LogP contribution is 2.16. The van der Waals surface area contributed by atoms with Crippen molar-refractivity contribution in [2.24, 2.45) is 0 Å². The Morgan fingerprint density at radius 1 is 0.263 bits per heavy atom. The van der Waals surface area contributed by atoms with Gasteiger partial charge in [-0.15, -0.1) is 0 Å². The molecule has 0 bridgehead atoms. The number of unbranched alkanes of at least 4 members (excludes halogenated alkanes) is 32. The van der Waals surface area contributed by atoms with Crippen molar-refractivity contribution in [2.45, 2.75) is 329 Å². The standard InChI is InChI=1S/C74H126O6/c1-4-7-10-13-16-19-22-24-26-28-30-32-34-36-37-39-40-42-44-46-48-50-52-55-58-61-64-67-73(76)79-70-71(69-78-72(75)66-63-60-57-54-21-18-15-12-9-6-3)80-74(77)68-65-62-59-56-53-51-49-47-45-43-41-38-35-33-31-29-27-25-23-20-17-14-11-8-5-2/h8,11-12,15,17,20,25,27-28,30-31,33,38,41,45,47,51,53,71H,4-7,9-10,13-14,16,18-19,21-24,26,29,32,34-37,39-40,42-44,46,48-50,52,54-70H2,1-3H3/b11-8-,15-12-,20-17-,27-25-,30-28-,33-31-,41-38-,47-45-,53-51-. The van der Waals surface area contributed by atoms with Crippen LogP contribution in [0.25, 0.3) is 0 Å². The Kier molecular flexibility index (Phi) is 64.3. The van der Waals surface area contributed by atoms with E-state index in [1.807, 2.05) is 0 Å². The maximum Gasteiger partial charge on any atom is 0.306 e. The lowest BCUT2D eigenvalue weighted by Gasteiger charge is -2.18. The fraction of sp³-hybridized carbons (Fsp3) is 0.716. The van der Waals surface area contributed by atoms with Crippen molar-refractivity contribution in [1.82, 2.24) is 0 Å². The third kappa shape index (κ3) is 64.9. The van der Waals surface area contributed by atoms with E-state index in [-0.39, 0.29) is 37.5 Å². The quantitative estimate of drug-likeness (QED) is 0.0261. The van der Waals surface area contributed by atoms with E-state index in [2.05, 4.69) is 130 Å². The van der Waals surface area contributed by atoms with E-state index in [1.54, 1.807) is 0 Å². The molecule has 1 atom stereocenters. The van der Waals surface area contributed by atoms with E-state index in [4.69, 9.17) is 14.2 Å². The van der Waals surface area contributed by atoms with Gasteiger partial charge in [-0.05, 0) is 122 Å². The van der Waals surface area contributed by atoms with Gasteiger partial charge in [0.15, 0.2) is 6.10 Å². The number of allylic oxidation sites excluding steroid dienone is 18.